The molecule has 14 heteroatoms. The number of nitrogens with zero attached hydrogens (tertiary/aromatic N) is 1. The lowest BCUT2D eigenvalue weighted by Gasteiger charge is -2.58. The molecule has 2 bridgehead atoms. The van der Waals surface area contributed by atoms with Crippen LogP contribution >= 0.6 is 0 Å². The number of benzene rings is 1. The van der Waals surface area contributed by atoms with E-state index in [4.69, 9.17) is 28.4 Å². The number of hydrogen-bond acceptors (Lipinski definition) is 14. The van der Waals surface area contributed by atoms with E-state index in [0.29, 0.717) is 16.7 Å². The van der Waals surface area contributed by atoms with E-state index in [9.17, 15) is 28.8 Å². The Labute approximate surface area is 321 Å². The molecule has 0 radical (unpaired) electrons. The van der Waals surface area contributed by atoms with Crippen LogP contribution in [-0.4, -0.2) is 97.2 Å². The summed E-state index contributed by atoms with van der Waals surface area (Å²) < 4.78 is 35.3. The number of Topliss-reactive ketones (excluding diaryl/α,β-unsaturated/α-hetero) is 1. The van der Waals surface area contributed by atoms with Crippen molar-refractivity contribution in [1.82, 2.24) is 4.90 Å². The summed E-state index contributed by atoms with van der Waals surface area (Å²) in [5.41, 5.74) is -1.07. The van der Waals surface area contributed by atoms with Gasteiger partial charge in [-0.05, 0) is 55.5 Å². The first-order chi connectivity index (χ1) is 25.5. The lowest BCUT2D eigenvalue weighted by molar-refractivity contribution is -0.202. The predicted octanol–water partition coefficient (Wildman–Crippen LogP) is 4.39. The van der Waals surface area contributed by atoms with E-state index >= 15 is 4.79 Å². The van der Waals surface area contributed by atoms with Gasteiger partial charge in [0.1, 0.15) is 18.3 Å². The van der Waals surface area contributed by atoms with Crippen molar-refractivity contribution in [2.45, 2.75) is 118 Å². The van der Waals surface area contributed by atoms with Crippen molar-refractivity contribution < 1.29 is 62.0 Å². The predicted molar refractivity (Wildman–Crippen MR) is 195 cm³/mol. The molecule has 3 aliphatic carbocycles. The monoisotopic (exact) mass is 767 g/mol. The van der Waals surface area contributed by atoms with Crippen LogP contribution in [0.25, 0.3) is 0 Å². The topological polar surface area (TPSA) is 178 Å². The number of ketones is 1. The molecule has 2 fully saturated rings. The minimum absolute atomic E-state index is 0.0589. The average molecular weight is 768 g/mol. The summed E-state index contributed by atoms with van der Waals surface area (Å²) >= 11 is 0. The summed E-state index contributed by atoms with van der Waals surface area (Å²) in [7, 11) is 3.45. The highest BCUT2D eigenvalue weighted by Crippen LogP contribution is 2.60. The van der Waals surface area contributed by atoms with Crippen LogP contribution in [0.4, 0.5) is 0 Å². The Morgan fingerprint density at radius 3 is 1.85 bits per heavy atom. The highest BCUT2D eigenvalue weighted by molar-refractivity contribution is 6.03. The summed E-state index contributed by atoms with van der Waals surface area (Å²) in [4.78, 5) is 94.2. The standard InChI is InChI=1S/C41H53NO13/c1-20-28-18-29-36(52-24(5)45)35(51-23(4)44)21(2)32(40(29,8)9)34(48)38(54-26(7)47)41(28,10)31(50-22(3)43)19-30(20)55-39(49)37(53-25(6)46)33(42(11)12)27-16-14-13-15-17-27/h13-17,28-31,33,35-38H,1,18-19H2,2-12H3/t28-,29-,30+,31+,33-,35-,36-,37-,38+,41-/m1/s1. The molecule has 0 amide bonds. The second kappa shape index (κ2) is 16.5. The van der Waals surface area contributed by atoms with Crippen molar-refractivity contribution in [3.8, 4) is 0 Å². The smallest absolute Gasteiger partial charge is 0.350 e. The maximum Gasteiger partial charge on any atom is 0.350 e. The summed E-state index contributed by atoms with van der Waals surface area (Å²) in [6.45, 7) is 17.2. The number of carbonyl (C=O) groups excluding carboxylic acids is 7. The zero-order valence-corrected chi connectivity index (χ0v) is 33.5. The van der Waals surface area contributed by atoms with Gasteiger partial charge in [0, 0.05) is 52.5 Å². The van der Waals surface area contributed by atoms with Gasteiger partial charge in [-0.25, -0.2) is 4.79 Å². The third kappa shape index (κ3) is 8.53. The highest BCUT2D eigenvalue weighted by atomic mass is 16.6. The fourth-order valence-electron chi connectivity index (χ4n) is 9.05. The number of ether oxygens (including phenoxy) is 6. The molecule has 2 saturated carbocycles. The van der Waals surface area contributed by atoms with Crippen molar-refractivity contribution in [2.24, 2.45) is 22.7 Å². The maximum absolute atomic E-state index is 15.1. The van der Waals surface area contributed by atoms with Gasteiger partial charge in [0.25, 0.3) is 0 Å². The molecular weight excluding hydrogens is 714 g/mol. The van der Waals surface area contributed by atoms with Crippen LogP contribution in [0.5, 0.6) is 0 Å². The third-order valence-electron chi connectivity index (χ3n) is 11.3. The van der Waals surface area contributed by atoms with Gasteiger partial charge in [-0.3, -0.25) is 33.7 Å². The Bertz CT molecular complexity index is 1760. The van der Waals surface area contributed by atoms with Gasteiger partial charge in [-0.1, -0.05) is 57.7 Å². The fraction of sp³-hybridized carbons (Fsp3) is 0.585. The van der Waals surface area contributed by atoms with E-state index in [1.807, 2.05) is 6.07 Å². The van der Waals surface area contributed by atoms with Gasteiger partial charge < -0.3 is 28.4 Å². The number of fused-ring (bicyclic) bond motifs is 3. The maximum atomic E-state index is 15.1. The van der Waals surface area contributed by atoms with Gasteiger partial charge in [0.15, 0.2) is 12.2 Å². The van der Waals surface area contributed by atoms with Crippen LogP contribution in [0.3, 0.4) is 0 Å². The Hall–Kier alpha value is -4.85. The fourth-order valence-corrected chi connectivity index (χ4v) is 9.05. The summed E-state index contributed by atoms with van der Waals surface area (Å²) in [6.07, 6.45) is -7.73. The van der Waals surface area contributed by atoms with E-state index in [-0.39, 0.29) is 18.4 Å². The van der Waals surface area contributed by atoms with Crippen molar-refractivity contribution in [1.29, 1.82) is 0 Å². The van der Waals surface area contributed by atoms with E-state index in [1.165, 1.54) is 27.7 Å². The SMILES string of the molecule is C=C1[C@@H](OC(=O)[C@H](OC(C)=O)[C@@H](c2ccccc2)N(C)C)C[C@H](OC(C)=O)[C@@]2(C)[C@@H]1C[C@@H]1[C@@H](OC(C)=O)[C@H](OC(C)=O)C(C)=C(C(=O)[C@@H]2OC(C)=O)C1(C)C. The molecule has 10 atom stereocenters. The Balaban J connectivity index is 1.93. The Morgan fingerprint density at radius 1 is 0.782 bits per heavy atom. The molecule has 1 aromatic carbocycles. The molecule has 0 spiro atoms. The second-order valence-electron chi connectivity index (χ2n) is 15.7. The summed E-state index contributed by atoms with van der Waals surface area (Å²) in [5.74, 6) is -6.71. The molecule has 55 heavy (non-hydrogen) atoms. The van der Waals surface area contributed by atoms with Gasteiger partial charge >= 0.3 is 35.8 Å². The van der Waals surface area contributed by atoms with E-state index in [0.717, 1.165) is 6.92 Å². The van der Waals surface area contributed by atoms with Crippen LogP contribution < -0.4 is 0 Å². The largest absolute Gasteiger partial charge is 0.462 e. The van der Waals surface area contributed by atoms with Gasteiger partial charge in [-0.15, -0.1) is 0 Å². The van der Waals surface area contributed by atoms with Gasteiger partial charge in [0.2, 0.25) is 11.9 Å². The minimum Gasteiger partial charge on any atom is -0.462 e. The summed E-state index contributed by atoms with van der Waals surface area (Å²) in [5, 5.41) is 0. The molecule has 0 saturated heterocycles. The third-order valence-corrected chi connectivity index (χ3v) is 11.3. The van der Waals surface area contributed by atoms with Crippen molar-refractivity contribution in [3.63, 3.8) is 0 Å². The lowest BCUT2D eigenvalue weighted by Crippen LogP contribution is -2.65. The van der Waals surface area contributed by atoms with Crippen LogP contribution in [0.1, 0.15) is 86.8 Å². The molecule has 14 nitrogen and oxygen atoms in total. The summed E-state index contributed by atoms with van der Waals surface area (Å²) in [6, 6.07) is 8.19. The molecular formula is C41H53NO13. The molecule has 300 valence electrons. The molecule has 0 N–H and O–H groups in total. The zero-order chi connectivity index (χ0) is 41.3. The van der Waals surface area contributed by atoms with Crippen LogP contribution in [-0.2, 0) is 62.0 Å². The number of rotatable bonds is 10. The van der Waals surface area contributed by atoms with Crippen molar-refractivity contribution >= 4 is 41.6 Å². The first-order valence-electron chi connectivity index (χ1n) is 18.3. The minimum atomic E-state index is -1.55. The average Bonchev–Trinajstić information content (AvgIpc) is 3.05. The van der Waals surface area contributed by atoms with E-state index in [2.05, 4.69) is 6.58 Å². The van der Waals surface area contributed by atoms with Gasteiger partial charge in [-0.2, -0.15) is 0 Å². The Kier molecular flexibility index (Phi) is 12.9. The molecule has 0 unspecified atom stereocenters. The lowest BCUT2D eigenvalue weighted by atomic mass is 9.49. The number of carbonyl (C=O) groups is 7. The number of esters is 6. The second-order valence-corrected chi connectivity index (χ2v) is 15.7. The number of hydrogen-bond donors (Lipinski definition) is 0. The number of likely N-dealkylation sites (N-methyl/N-ethyl adjacent to an activating group) is 1. The van der Waals surface area contributed by atoms with Crippen molar-refractivity contribution in [2.75, 3.05) is 14.1 Å². The Morgan fingerprint density at radius 2 is 1.35 bits per heavy atom. The first kappa shape index (κ1) is 42.9. The molecule has 0 aromatic heterocycles. The van der Waals surface area contributed by atoms with E-state index in [1.54, 1.807) is 71.0 Å². The molecule has 4 rings (SSSR count). The van der Waals surface area contributed by atoms with E-state index < -0.39 is 107 Å². The molecule has 0 aliphatic heterocycles. The first-order valence-corrected chi connectivity index (χ1v) is 18.3. The van der Waals surface area contributed by atoms with Gasteiger partial charge in [0.05, 0.1) is 11.5 Å². The van der Waals surface area contributed by atoms with Crippen LogP contribution in [0, 0.1) is 22.7 Å². The van der Waals surface area contributed by atoms with Crippen LogP contribution in [0.15, 0.2) is 53.6 Å². The highest BCUT2D eigenvalue weighted by Gasteiger charge is 2.65. The molecule has 0 heterocycles. The zero-order valence-electron chi connectivity index (χ0n) is 33.5. The normalized spacial score (nSPS) is 29.7. The van der Waals surface area contributed by atoms with Crippen molar-refractivity contribution in [3.05, 3.63) is 59.2 Å². The molecule has 1 aromatic rings. The quantitative estimate of drug-likeness (QED) is 0.186. The molecule has 3 aliphatic rings. The van der Waals surface area contributed by atoms with Crippen LogP contribution in [0.2, 0.25) is 0 Å².